The van der Waals surface area contributed by atoms with Crippen LogP contribution in [0.25, 0.3) is 0 Å². The normalized spacial score (nSPS) is 18.4. The van der Waals surface area contributed by atoms with Crippen molar-refractivity contribution in [2.24, 2.45) is 17.8 Å². The molecule has 0 aliphatic heterocycles. The van der Waals surface area contributed by atoms with Gasteiger partial charge >= 0.3 is 0 Å². The van der Waals surface area contributed by atoms with E-state index in [4.69, 9.17) is 0 Å². The molecule has 1 aromatic rings. The summed E-state index contributed by atoms with van der Waals surface area (Å²) in [5.41, 5.74) is 0. The summed E-state index contributed by atoms with van der Waals surface area (Å²) in [5.74, 6) is 4.59. The maximum absolute atomic E-state index is 4.37. The third-order valence-corrected chi connectivity index (χ3v) is 5.04. The Labute approximate surface area is 129 Å². The quantitative estimate of drug-likeness (QED) is 0.754. The molecule has 0 radical (unpaired) electrons. The maximum Gasteiger partial charge on any atom is 0.145 e. The van der Waals surface area contributed by atoms with Gasteiger partial charge in [0.2, 0.25) is 0 Å². The van der Waals surface area contributed by atoms with Gasteiger partial charge in [0.25, 0.3) is 0 Å². The van der Waals surface area contributed by atoms with Crippen LogP contribution in [0, 0.1) is 17.8 Å². The zero-order valence-electron chi connectivity index (χ0n) is 12.0. The lowest BCUT2D eigenvalue weighted by atomic mass is 9.98. The van der Waals surface area contributed by atoms with Gasteiger partial charge in [0.1, 0.15) is 22.4 Å². The van der Waals surface area contributed by atoms with E-state index in [-0.39, 0.29) is 0 Å². The van der Waals surface area contributed by atoms with Gasteiger partial charge in [-0.1, -0.05) is 6.92 Å². The molecule has 0 spiro atoms. The van der Waals surface area contributed by atoms with E-state index in [0.717, 1.165) is 53.4 Å². The van der Waals surface area contributed by atoms with Crippen LogP contribution in [0.2, 0.25) is 0 Å². The summed E-state index contributed by atoms with van der Waals surface area (Å²) in [6.45, 7) is 4.14. The number of anilines is 2. The lowest BCUT2D eigenvalue weighted by Gasteiger charge is -2.18. The van der Waals surface area contributed by atoms with Gasteiger partial charge in [0.15, 0.2) is 0 Å². The van der Waals surface area contributed by atoms with Gasteiger partial charge in [-0.15, -0.1) is 0 Å². The second-order valence-electron chi connectivity index (χ2n) is 6.03. The fraction of sp³-hybridized carbons (Fsp3) is 0.733. The van der Waals surface area contributed by atoms with Crippen LogP contribution >= 0.6 is 15.9 Å². The molecule has 0 amide bonds. The second kappa shape index (κ2) is 6.29. The number of nitrogens with one attached hydrogen (secondary N) is 2. The number of hydrogen-bond donors (Lipinski definition) is 2. The van der Waals surface area contributed by atoms with Crippen LogP contribution in [0.5, 0.6) is 0 Å². The highest BCUT2D eigenvalue weighted by Gasteiger charge is 2.41. The predicted octanol–water partition coefficient (Wildman–Crippen LogP) is 3.91. The molecule has 2 fully saturated rings. The Kier molecular flexibility index (Phi) is 4.44. The van der Waals surface area contributed by atoms with Crippen molar-refractivity contribution in [2.75, 3.05) is 23.7 Å². The van der Waals surface area contributed by atoms with Gasteiger partial charge in [-0.25, -0.2) is 9.97 Å². The molecule has 2 saturated carbocycles. The summed E-state index contributed by atoms with van der Waals surface area (Å²) >= 11 is 3.62. The fourth-order valence-electron chi connectivity index (χ4n) is 2.84. The molecule has 110 valence electrons. The lowest BCUT2D eigenvalue weighted by molar-refractivity contribution is 0.427. The molecule has 0 bridgehead atoms. The summed E-state index contributed by atoms with van der Waals surface area (Å²) in [7, 11) is 0. The highest BCUT2D eigenvalue weighted by molar-refractivity contribution is 9.10. The Balaban J connectivity index is 1.61. The Bertz CT molecular complexity index is 445. The lowest BCUT2D eigenvalue weighted by Crippen LogP contribution is -2.19. The van der Waals surface area contributed by atoms with E-state index in [1.807, 2.05) is 0 Å². The van der Waals surface area contributed by atoms with Crippen LogP contribution in [0.1, 0.15) is 39.0 Å². The molecule has 2 N–H and O–H groups in total. The maximum atomic E-state index is 4.37. The van der Waals surface area contributed by atoms with E-state index in [1.54, 1.807) is 6.33 Å². The SMILES string of the molecule is CCCNc1ncnc(NCC(C2CC2)C2CC2)c1Br. The molecule has 0 unspecified atom stereocenters. The highest BCUT2D eigenvalue weighted by atomic mass is 79.9. The first-order valence-corrected chi connectivity index (χ1v) is 8.57. The van der Waals surface area contributed by atoms with Crippen molar-refractivity contribution in [2.45, 2.75) is 39.0 Å². The Hall–Kier alpha value is -0.840. The third kappa shape index (κ3) is 3.43. The monoisotopic (exact) mass is 338 g/mol. The minimum atomic E-state index is 0.851. The first kappa shape index (κ1) is 14.1. The van der Waals surface area contributed by atoms with Gasteiger partial charge in [0.05, 0.1) is 0 Å². The van der Waals surface area contributed by atoms with Crippen LogP contribution in [-0.2, 0) is 0 Å². The molecule has 1 heterocycles. The zero-order valence-corrected chi connectivity index (χ0v) is 13.6. The first-order chi connectivity index (χ1) is 9.79. The van der Waals surface area contributed by atoms with Crippen molar-refractivity contribution in [3.05, 3.63) is 10.8 Å². The molecule has 2 aliphatic rings. The molecule has 1 aromatic heterocycles. The van der Waals surface area contributed by atoms with E-state index in [2.05, 4.69) is 43.5 Å². The van der Waals surface area contributed by atoms with Gasteiger partial charge < -0.3 is 10.6 Å². The number of halogens is 1. The first-order valence-electron chi connectivity index (χ1n) is 7.77. The number of nitrogens with zero attached hydrogens (tertiary/aromatic N) is 2. The third-order valence-electron chi connectivity index (χ3n) is 4.29. The minimum Gasteiger partial charge on any atom is -0.369 e. The van der Waals surface area contributed by atoms with Crippen LogP contribution in [0.4, 0.5) is 11.6 Å². The average Bonchev–Trinajstić information content (AvgIpc) is 3.33. The van der Waals surface area contributed by atoms with Crippen LogP contribution in [-0.4, -0.2) is 23.1 Å². The van der Waals surface area contributed by atoms with E-state index < -0.39 is 0 Å². The number of aromatic nitrogens is 2. The van der Waals surface area contributed by atoms with E-state index >= 15 is 0 Å². The molecule has 0 atom stereocenters. The largest absolute Gasteiger partial charge is 0.369 e. The summed E-state index contributed by atoms with van der Waals surface area (Å²) < 4.78 is 0.957. The standard InChI is InChI=1S/C15H23BrN4/c1-2-7-17-14-13(16)15(20-9-19-14)18-8-12(10-3-4-10)11-5-6-11/h9-12H,2-8H2,1H3,(H2,17,18,19,20). The molecule has 3 rings (SSSR count). The minimum absolute atomic E-state index is 0.851. The van der Waals surface area contributed by atoms with Crippen molar-refractivity contribution in [3.63, 3.8) is 0 Å². The van der Waals surface area contributed by atoms with Crippen LogP contribution in [0.3, 0.4) is 0 Å². The topological polar surface area (TPSA) is 49.8 Å². The predicted molar refractivity (Wildman–Crippen MR) is 85.9 cm³/mol. The summed E-state index contributed by atoms with van der Waals surface area (Å²) in [6, 6.07) is 0. The van der Waals surface area contributed by atoms with Crippen molar-refractivity contribution in [1.29, 1.82) is 0 Å². The number of rotatable bonds is 8. The summed E-state index contributed by atoms with van der Waals surface area (Å²) in [4.78, 5) is 8.66. The van der Waals surface area contributed by atoms with Crippen LogP contribution < -0.4 is 10.6 Å². The Morgan fingerprint density at radius 2 is 1.75 bits per heavy atom. The average molecular weight is 339 g/mol. The van der Waals surface area contributed by atoms with Crippen molar-refractivity contribution in [3.8, 4) is 0 Å². The molecule has 5 heteroatoms. The van der Waals surface area contributed by atoms with Gasteiger partial charge in [0, 0.05) is 13.1 Å². The molecule has 20 heavy (non-hydrogen) atoms. The Morgan fingerprint density at radius 1 is 1.15 bits per heavy atom. The molecular weight excluding hydrogens is 316 g/mol. The summed E-state index contributed by atoms with van der Waals surface area (Å²) in [5, 5.41) is 6.86. The number of hydrogen-bond acceptors (Lipinski definition) is 4. The van der Waals surface area contributed by atoms with Gasteiger partial charge in [-0.3, -0.25) is 0 Å². The molecular formula is C15H23BrN4. The Morgan fingerprint density at radius 3 is 2.30 bits per heavy atom. The van der Waals surface area contributed by atoms with Crippen molar-refractivity contribution >= 4 is 27.6 Å². The zero-order chi connectivity index (χ0) is 13.9. The van der Waals surface area contributed by atoms with E-state index in [1.165, 1.54) is 25.7 Å². The summed E-state index contributed by atoms with van der Waals surface area (Å²) in [6.07, 6.45) is 8.43. The van der Waals surface area contributed by atoms with Crippen LogP contribution in [0.15, 0.2) is 10.8 Å². The van der Waals surface area contributed by atoms with Crippen molar-refractivity contribution in [1.82, 2.24) is 9.97 Å². The van der Waals surface area contributed by atoms with E-state index in [9.17, 15) is 0 Å². The van der Waals surface area contributed by atoms with E-state index in [0.29, 0.717) is 0 Å². The second-order valence-corrected chi connectivity index (χ2v) is 6.82. The molecule has 0 saturated heterocycles. The van der Waals surface area contributed by atoms with Gasteiger partial charge in [-0.05, 0) is 65.8 Å². The smallest absolute Gasteiger partial charge is 0.145 e. The van der Waals surface area contributed by atoms with Crippen molar-refractivity contribution < 1.29 is 0 Å². The molecule has 2 aliphatic carbocycles. The molecule has 4 nitrogen and oxygen atoms in total. The highest BCUT2D eigenvalue weighted by Crippen LogP contribution is 2.49. The molecule has 0 aromatic carbocycles. The van der Waals surface area contributed by atoms with Gasteiger partial charge in [-0.2, -0.15) is 0 Å². The fourth-order valence-corrected chi connectivity index (χ4v) is 3.33.